The van der Waals surface area contributed by atoms with Gasteiger partial charge in [0.1, 0.15) is 0 Å². The molecule has 19 heavy (non-hydrogen) atoms. The average Bonchev–Trinajstić information content (AvgIpc) is 2.60. The van der Waals surface area contributed by atoms with Gasteiger partial charge in [-0.3, -0.25) is 4.79 Å². The number of carbonyl (C=O) groups is 2. The van der Waals surface area contributed by atoms with E-state index in [1.807, 2.05) is 0 Å². The minimum Gasteiger partial charge on any atom is -0.481 e. The lowest BCUT2D eigenvalue weighted by molar-refractivity contribution is -0.141. The van der Waals surface area contributed by atoms with E-state index >= 15 is 0 Å². The Labute approximate surface area is 112 Å². The first kappa shape index (κ1) is 14.1. The minimum absolute atomic E-state index is 0.0982. The predicted molar refractivity (Wildman–Crippen MR) is 68.7 cm³/mol. The average molecular weight is 270 g/mol. The van der Waals surface area contributed by atoms with Crippen LogP contribution in [0.15, 0.2) is 0 Å². The van der Waals surface area contributed by atoms with Gasteiger partial charge in [0.15, 0.2) is 0 Å². The summed E-state index contributed by atoms with van der Waals surface area (Å²) in [7, 11) is 0. The molecule has 2 aliphatic rings. The summed E-state index contributed by atoms with van der Waals surface area (Å²) in [6.07, 6.45) is 2.81. The van der Waals surface area contributed by atoms with Crippen LogP contribution in [0.2, 0.25) is 0 Å². The molecule has 0 aliphatic carbocycles. The zero-order valence-electron chi connectivity index (χ0n) is 11.4. The summed E-state index contributed by atoms with van der Waals surface area (Å²) in [5.74, 6) is -1.53. The van der Waals surface area contributed by atoms with Crippen molar-refractivity contribution in [1.29, 1.82) is 0 Å². The van der Waals surface area contributed by atoms with Gasteiger partial charge in [0.2, 0.25) is 0 Å². The van der Waals surface area contributed by atoms with Crippen LogP contribution in [0.25, 0.3) is 0 Å². The van der Waals surface area contributed by atoms with Gasteiger partial charge in [-0.15, -0.1) is 0 Å². The highest BCUT2D eigenvalue weighted by molar-refractivity contribution is 5.77. The van der Waals surface area contributed by atoms with E-state index < -0.39 is 17.9 Å². The van der Waals surface area contributed by atoms with Crippen molar-refractivity contribution in [2.75, 3.05) is 0 Å². The molecule has 0 aromatic rings. The third-order valence-electron chi connectivity index (χ3n) is 4.43. The topological polar surface area (TPSA) is 89.9 Å². The molecule has 6 heteroatoms. The van der Waals surface area contributed by atoms with Gasteiger partial charge in [-0.25, -0.2) is 4.79 Å². The second kappa shape index (κ2) is 5.36. The van der Waals surface area contributed by atoms with Crippen LogP contribution < -0.4 is 5.32 Å². The number of nitrogens with zero attached hydrogens (tertiary/aromatic N) is 1. The first-order valence-electron chi connectivity index (χ1n) is 6.89. The largest absolute Gasteiger partial charge is 0.481 e. The number of aliphatic carboxylic acids is 1. The molecule has 0 spiro atoms. The lowest BCUT2D eigenvalue weighted by Crippen LogP contribution is -2.54. The van der Waals surface area contributed by atoms with Crippen molar-refractivity contribution >= 4 is 12.0 Å². The lowest BCUT2D eigenvalue weighted by atomic mass is 10.00. The van der Waals surface area contributed by atoms with Crippen LogP contribution in [0.5, 0.6) is 0 Å². The Morgan fingerprint density at radius 2 is 1.74 bits per heavy atom. The number of carbonyl (C=O) groups excluding carboxylic acids is 1. The fourth-order valence-corrected chi connectivity index (χ4v) is 3.09. The number of carboxylic acid groups (broad SMARTS) is 1. The van der Waals surface area contributed by atoms with Crippen molar-refractivity contribution in [2.45, 2.75) is 63.8 Å². The maximum atomic E-state index is 12.2. The standard InChI is InChI=1S/C13H22N2O4/c1-7(12(17)18)8(2)14-13(19)15-9-3-4-10(15)6-11(16)5-9/h7-11,16H,3-6H2,1-2H3,(H,14,19)(H,17,18). The van der Waals surface area contributed by atoms with Crippen molar-refractivity contribution in [3.63, 3.8) is 0 Å². The SMILES string of the molecule is CC(NC(=O)N1C2CCC1CC(O)C2)C(C)C(=O)O. The number of carboxylic acids is 1. The minimum atomic E-state index is -0.912. The van der Waals surface area contributed by atoms with Gasteiger partial charge in [-0.05, 0) is 39.5 Å². The first-order chi connectivity index (χ1) is 8.90. The van der Waals surface area contributed by atoms with Crippen molar-refractivity contribution in [3.05, 3.63) is 0 Å². The third-order valence-corrected chi connectivity index (χ3v) is 4.43. The Morgan fingerprint density at radius 3 is 2.21 bits per heavy atom. The summed E-state index contributed by atoms with van der Waals surface area (Å²) in [5, 5.41) is 21.4. The Kier molecular flexibility index (Phi) is 3.99. The zero-order valence-corrected chi connectivity index (χ0v) is 11.4. The lowest BCUT2D eigenvalue weighted by Gasteiger charge is -2.38. The van der Waals surface area contributed by atoms with Crippen LogP contribution in [-0.2, 0) is 4.79 Å². The van der Waals surface area contributed by atoms with E-state index in [-0.39, 0.29) is 24.2 Å². The van der Waals surface area contributed by atoms with Crippen LogP contribution >= 0.6 is 0 Å². The van der Waals surface area contributed by atoms with E-state index in [0.29, 0.717) is 12.8 Å². The van der Waals surface area contributed by atoms with Crippen LogP contribution in [0.1, 0.15) is 39.5 Å². The highest BCUT2D eigenvalue weighted by Gasteiger charge is 2.43. The number of nitrogens with one attached hydrogen (secondary N) is 1. The monoisotopic (exact) mass is 270 g/mol. The highest BCUT2D eigenvalue weighted by atomic mass is 16.4. The highest BCUT2D eigenvalue weighted by Crippen LogP contribution is 2.35. The fourth-order valence-electron chi connectivity index (χ4n) is 3.09. The molecule has 2 bridgehead atoms. The quantitative estimate of drug-likeness (QED) is 0.707. The number of aliphatic hydroxyl groups excluding tert-OH is 1. The molecule has 2 rings (SSSR count). The summed E-state index contributed by atoms with van der Waals surface area (Å²) in [6, 6.07) is -0.404. The number of hydrogen-bond acceptors (Lipinski definition) is 3. The normalized spacial score (nSPS) is 32.8. The smallest absolute Gasteiger partial charge is 0.318 e. The maximum absolute atomic E-state index is 12.2. The number of aliphatic hydroxyl groups is 1. The van der Waals surface area contributed by atoms with Crippen LogP contribution in [0, 0.1) is 5.92 Å². The van der Waals surface area contributed by atoms with Gasteiger partial charge < -0.3 is 20.4 Å². The summed E-state index contributed by atoms with van der Waals surface area (Å²) in [6.45, 7) is 3.29. The van der Waals surface area contributed by atoms with E-state index in [2.05, 4.69) is 5.32 Å². The predicted octanol–water partition coefficient (Wildman–Crippen LogP) is 0.793. The molecule has 4 unspecified atom stereocenters. The van der Waals surface area contributed by atoms with Crippen molar-refractivity contribution in [1.82, 2.24) is 10.2 Å². The van der Waals surface area contributed by atoms with Crippen LogP contribution in [0.4, 0.5) is 4.79 Å². The number of rotatable bonds is 3. The molecular formula is C13H22N2O4. The molecule has 108 valence electrons. The molecule has 0 aromatic carbocycles. The molecule has 6 nitrogen and oxygen atoms in total. The molecule has 0 aromatic heterocycles. The van der Waals surface area contributed by atoms with Crippen molar-refractivity contribution in [2.24, 2.45) is 5.92 Å². The van der Waals surface area contributed by atoms with Gasteiger partial charge in [0.25, 0.3) is 0 Å². The molecule has 2 saturated heterocycles. The Balaban J connectivity index is 1.96. The van der Waals surface area contributed by atoms with Gasteiger partial charge >= 0.3 is 12.0 Å². The number of amides is 2. The van der Waals surface area contributed by atoms with E-state index in [1.54, 1.807) is 18.7 Å². The molecule has 2 amide bonds. The van der Waals surface area contributed by atoms with Gasteiger partial charge in [-0.1, -0.05) is 0 Å². The van der Waals surface area contributed by atoms with E-state index in [4.69, 9.17) is 5.11 Å². The fraction of sp³-hybridized carbons (Fsp3) is 0.846. The van der Waals surface area contributed by atoms with Gasteiger partial charge in [0.05, 0.1) is 12.0 Å². The molecule has 3 N–H and O–H groups in total. The first-order valence-corrected chi connectivity index (χ1v) is 6.89. The number of hydrogen-bond donors (Lipinski definition) is 3. The summed E-state index contributed by atoms with van der Waals surface area (Å²) in [5.41, 5.74) is 0. The number of fused-ring (bicyclic) bond motifs is 2. The molecular weight excluding hydrogens is 248 g/mol. The Hall–Kier alpha value is -1.30. The van der Waals surface area contributed by atoms with Crippen LogP contribution in [0.3, 0.4) is 0 Å². The Morgan fingerprint density at radius 1 is 1.21 bits per heavy atom. The third kappa shape index (κ3) is 2.83. The summed E-state index contributed by atoms with van der Waals surface area (Å²) in [4.78, 5) is 24.9. The number of urea groups is 1. The van der Waals surface area contributed by atoms with E-state index in [0.717, 1.165) is 12.8 Å². The zero-order chi connectivity index (χ0) is 14.2. The number of piperidine rings is 1. The summed E-state index contributed by atoms with van der Waals surface area (Å²) >= 11 is 0. The van der Waals surface area contributed by atoms with Gasteiger partial charge in [-0.2, -0.15) is 0 Å². The van der Waals surface area contributed by atoms with E-state index in [1.165, 1.54) is 0 Å². The Bertz CT molecular complexity index is 360. The molecule has 2 fully saturated rings. The van der Waals surface area contributed by atoms with Gasteiger partial charge in [0, 0.05) is 18.1 Å². The second-order valence-corrected chi connectivity index (χ2v) is 5.78. The van der Waals surface area contributed by atoms with E-state index in [9.17, 15) is 14.7 Å². The molecule has 2 heterocycles. The van der Waals surface area contributed by atoms with Crippen molar-refractivity contribution < 1.29 is 19.8 Å². The second-order valence-electron chi connectivity index (χ2n) is 5.78. The maximum Gasteiger partial charge on any atom is 0.318 e. The van der Waals surface area contributed by atoms with Crippen LogP contribution in [-0.4, -0.2) is 51.3 Å². The summed E-state index contributed by atoms with van der Waals surface area (Å²) < 4.78 is 0. The molecule has 0 saturated carbocycles. The molecule has 2 aliphatic heterocycles. The molecule has 0 radical (unpaired) electrons. The molecule has 4 atom stereocenters. The van der Waals surface area contributed by atoms with Crippen molar-refractivity contribution in [3.8, 4) is 0 Å².